The van der Waals surface area contributed by atoms with E-state index >= 15 is 0 Å². The fourth-order valence-electron chi connectivity index (χ4n) is 1.93. The van der Waals surface area contributed by atoms with Gasteiger partial charge in [0.2, 0.25) is 0 Å². The second-order valence-corrected chi connectivity index (χ2v) is 4.48. The van der Waals surface area contributed by atoms with Crippen LogP contribution in [0.15, 0.2) is 48.5 Å². The number of hydrogen-bond acceptors (Lipinski definition) is 1. The lowest BCUT2D eigenvalue weighted by Gasteiger charge is -2.06. The molecule has 2 aromatic carbocycles. The zero-order valence-electron chi connectivity index (χ0n) is 10.9. The van der Waals surface area contributed by atoms with Gasteiger partial charge in [-0.1, -0.05) is 55.0 Å². The summed E-state index contributed by atoms with van der Waals surface area (Å²) in [5.41, 5.74) is 4.96. The molecule has 0 amide bonds. The van der Waals surface area contributed by atoms with Gasteiger partial charge in [0, 0.05) is 0 Å². The Kier molecular flexibility index (Phi) is 3.83. The third-order valence-corrected chi connectivity index (χ3v) is 3.04. The molecule has 0 fully saturated rings. The summed E-state index contributed by atoms with van der Waals surface area (Å²) < 4.78 is 0. The molecule has 0 atom stereocenters. The van der Waals surface area contributed by atoms with Crippen molar-refractivity contribution in [3.05, 3.63) is 65.2 Å². The van der Waals surface area contributed by atoms with Gasteiger partial charge in [-0.3, -0.25) is 0 Å². The van der Waals surface area contributed by atoms with Crippen LogP contribution < -0.4 is 0 Å². The first kappa shape index (κ1) is 12.4. The standard InChI is InChI=1S/C17H18O/c1-3-15(16-8-4-13(2)5-9-16)12-14-6-10-17(18)11-7-14/h4-12,18H,3H2,1-2H3. The van der Waals surface area contributed by atoms with Gasteiger partial charge in [-0.25, -0.2) is 0 Å². The Morgan fingerprint density at radius 3 is 2.17 bits per heavy atom. The first-order valence-corrected chi connectivity index (χ1v) is 6.25. The summed E-state index contributed by atoms with van der Waals surface area (Å²) in [7, 11) is 0. The predicted octanol–water partition coefficient (Wildman–Crippen LogP) is 4.65. The van der Waals surface area contributed by atoms with Gasteiger partial charge in [-0.2, -0.15) is 0 Å². The number of benzene rings is 2. The van der Waals surface area contributed by atoms with Crippen LogP contribution in [-0.2, 0) is 0 Å². The van der Waals surface area contributed by atoms with E-state index in [9.17, 15) is 5.11 Å². The van der Waals surface area contributed by atoms with Crippen LogP contribution in [0.3, 0.4) is 0 Å². The van der Waals surface area contributed by atoms with Crippen LogP contribution >= 0.6 is 0 Å². The molecule has 0 spiro atoms. The van der Waals surface area contributed by atoms with Crippen LogP contribution in [0.4, 0.5) is 0 Å². The van der Waals surface area contributed by atoms with E-state index in [1.54, 1.807) is 12.1 Å². The molecule has 1 nitrogen and oxygen atoms in total. The van der Waals surface area contributed by atoms with Crippen molar-refractivity contribution in [1.82, 2.24) is 0 Å². The van der Waals surface area contributed by atoms with Gasteiger partial charge in [0.05, 0.1) is 0 Å². The molecular weight excluding hydrogens is 220 g/mol. The number of aryl methyl sites for hydroxylation is 1. The van der Waals surface area contributed by atoms with Crippen LogP contribution in [0.2, 0.25) is 0 Å². The maximum Gasteiger partial charge on any atom is 0.115 e. The number of allylic oxidation sites excluding steroid dienone is 1. The average Bonchev–Trinajstić information content (AvgIpc) is 2.39. The molecule has 1 heteroatoms. The fourth-order valence-corrected chi connectivity index (χ4v) is 1.93. The van der Waals surface area contributed by atoms with Gasteiger partial charge in [0.1, 0.15) is 5.75 Å². The first-order chi connectivity index (χ1) is 8.69. The van der Waals surface area contributed by atoms with E-state index in [0.29, 0.717) is 5.75 Å². The Hall–Kier alpha value is -2.02. The molecule has 0 aromatic heterocycles. The Morgan fingerprint density at radius 2 is 1.61 bits per heavy atom. The molecule has 0 aliphatic carbocycles. The molecule has 1 N–H and O–H groups in total. The van der Waals surface area contributed by atoms with Gasteiger partial charge in [-0.05, 0) is 42.2 Å². The van der Waals surface area contributed by atoms with Crippen molar-refractivity contribution in [1.29, 1.82) is 0 Å². The number of phenols is 1. The summed E-state index contributed by atoms with van der Waals surface area (Å²) in [6.45, 7) is 4.26. The Bertz CT molecular complexity index is 533. The molecule has 0 saturated carbocycles. The molecule has 2 aromatic rings. The number of phenolic OH excluding ortho intramolecular Hbond substituents is 1. The van der Waals surface area contributed by atoms with Crippen LogP contribution in [-0.4, -0.2) is 5.11 Å². The van der Waals surface area contributed by atoms with Crippen molar-refractivity contribution >= 4 is 11.6 Å². The third-order valence-electron chi connectivity index (χ3n) is 3.04. The quantitative estimate of drug-likeness (QED) is 0.771. The van der Waals surface area contributed by atoms with E-state index in [2.05, 4.69) is 44.2 Å². The Balaban J connectivity index is 2.33. The lowest BCUT2D eigenvalue weighted by molar-refractivity contribution is 0.475. The van der Waals surface area contributed by atoms with Gasteiger partial charge in [0.15, 0.2) is 0 Å². The highest BCUT2D eigenvalue weighted by Gasteiger charge is 1.99. The fraction of sp³-hybridized carbons (Fsp3) is 0.176. The molecular formula is C17H18O. The second-order valence-electron chi connectivity index (χ2n) is 4.48. The minimum absolute atomic E-state index is 0.306. The minimum atomic E-state index is 0.306. The van der Waals surface area contributed by atoms with E-state index in [-0.39, 0.29) is 0 Å². The summed E-state index contributed by atoms with van der Waals surface area (Å²) in [4.78, 5) is 0. The topological polar surface area (TPSA) is 20.2 Å². The van der Waals surface area contributed by atoms with E-state index in [1.807, 2.05) is 12.1 Å². The minimum Gasteiger partial charge on any atom is -0.508 e. The van der Waals surface area contributed by atoms with Crippen LogP contribution in [0.25, 0.3) is 11.6 Å². The van der Waals surface area contributed by atoms with Crippen LogP contribution in [0.1, 0.15) is 30.0 Å². The van der Waals surface area contributed by atoms with E-state index in [4.69, 9.17) is 0 Å². The molecule has 2 rings (SSSR count). The predicted molar refractivity (Wildman–Crippen MR) is 77.4 cm³/mol. The Labute approximate surface area is 108 Å². The first-order valence-electron chi connectivity index (χ1n) is 6.25. The summed E-state index contributed by atoms with van der Waals surface area (Å²) in [5.74, 6) is 0.306. The normalized spacial score (nSPS) is 11.6. The Morgan fingerprint density at radius 1 is 1.00 bits per heavy atom. The monoisotopic (exact) mass is 238 g/mol. The molecule has 0 aliphatic heterocycles. The zero-order valence-corrected chi connectivity index (χ0v) is 10.9. The van der Waals surface area contributed by atoms with Crippen molar-refractivity contribution in [2.45, 2.75) is 20.3 Å². The van der Waals surface area contributed by atoms with Crippen molar-refractivity contribution in [2.75, 3.05) is 0 Å². The number of aromatic hydroxyl groups is 1. The van der Waals surface area contributed by atoms with Crippen LogP contribution in [0.5, 0.6) is 5.75 Å². The van der Waals surface area contributed by atoms with E-state index < -0.39 is 0 Å². The molecule has 0 bridgehead atoms. The summed E-state index contributed by atoms with van der Waals surface area (Å²) in [5, 5.41) is 9.27. The maximum atomic E-state index is 9.27. The summed E-state index contributed by atoms with van der Waals surface area (Å²) in [6.07, 6.45) is 3.16. The summed E-state index contributed by atoms with van der Waals surface area (Å²) in [6, 6.07) is 15.9. The molecule has 92 valence electrons. The molecule has 0 radical (unpaired) electrons. The van der Waals surface area contributed by atoms with Gasteiger partial charge in [0.25, 0.3) is 0 Å². The molecule has 0 aliphatic rings. The maximum absolute atomic E-state index is 9.27. The highest BCUT2D eigenvalue weighted by atomic mass is 16.3. The number of hydrogen-bond donors (Lipinski definition) is 1. The second kappa shape index (κ2) is 5.54. The van der Waals surface area contributed by atoms with Crippen LogP contribution in [0, 0.1) is 6.92 Å². The lowest BCUT2D eigenvalue weighted by Crippen LogP contribution is -1.84. The smallest absolute Gasteiger partial charge is 0.115 e. The number of rotatable bonds is 3. The zero-order chi connectivity index (χ0) is 13.0. The highest BCUT2D eigenvalue weighted by molar-refractivity contribution is 5.81. The lowest BCUT2D eigenvalue weighted by atomic mass is 9.99. The third kappa shape index (κ3) is 3.01. The van der Waals surface area contributed by atoms with E-state index in [0.717, 1.165) is 12.0 Å². The molecule has 18 heavy (non-hydrogen) atoms. The van der Waals surface area contributed by atoms with Crippen molar-refractivity contribution in [2.24, 2.45) is 0 Å². The van der Waals surface area contributed by atoms with E-state index in [1.165, 1.54) is 16.7 Å². The molecule has 0 heterocycles. The van der Waals surface area contributed by atoms with Crippen molar-refractivity contribution in [3.8, 4) is 5.75 Å². The molecule has 0 saturated heterocycles. The highest BCUT2D eigenvalue weighted by Crippen LogP contribution is 2.22. The summed E-state index contributed by atoms with van der Waals surface area (Å²) >= 11 is 0. The van der Waals surface area contributed by atoms with Gasteiger partial charge in [-0.15, -0.1) is 0 Å². The van der Waals surface area contributed by atoms with Gasteiger partial charge < -0.3 is 5.11 Å². The average molecular weight is 238 g/mol. The van der Waals surface area contributed by atoms with Gasteiger partial charge >= 0.3 is 0 Å². The molecule has 0 unspecified atom stereocenters. The van der Waals surface area contributed by atoms with Crippen molar-refractivity contribution in [3.63, 3.8) is 0 Å². The van der Waals surface area contributed by atoms with Crippen molar-refractivity contribution < 1.29 is 5.11 Å². The SMILES string of the molecule is CCC(=Cc1ccc(O)cc1)c1ccc(C)cc1. The largest absolute Gasteiger partial charge is 0.508 e.